The van der Waals surface area contributed by atoms with Gasteiger partial charge in [-0.2, -0.15) is 0 Å². The molecule has 0 fully saturated rings. The Labute approximate surface area is 159 Å². The van der Waals surface area contributed by atoms with Crippen LogP contribution in [0.5, 0.6) is 0 Å². The number of aromatic nitrogens is 1. The molecule has 140 valence electrons. The fourth-order valence-electron chi connectivity index (χ4n) is 3.18. The van der Waals surface area contributed by atoms with Gasteiger partial charge < -0.3 is 15.2 Å². The molecular weight excluding hydrogens is 338 g/mol. The van der Waals surface area contributed by atoms with Gasteiger partial charge in [-0.15, -0.1) is 0 Å². The van der Waals surface area contributed by atoms with Crippen LogP contribution in [0.4, 0.5) is 0 Å². The zero-order valence-corrected chi connectivity index (χ0v) is 15.8. The average molecular weight is 363 g/mol. The van der Waals surface area contributed by atoms with E-state index in [9.17, 15) is 9.59 Å². The number of amides is 2. The average Bonchev–Trinajstić information content (AvgIpc) is 3.05. The molecule has 0 unspecified atom stereocenters. The molecule has 0 saturated heterocycles. The lowest BCUT2D eigenvalue weighted by molar-refractivity contribution is -0.130. The van der Waals surface area contributed by atoms with Crippen LogP contribution in [0.1, 0.15) is 23.6 Å². The number of carbonyl (C=O) groups excluding carboxylic acids is 2. The minimum Gasteiger partial charge on any atom is -0.361 e. The van der Waals surface area contributed by atoms with Crippen LogP contribution in [-0.4, -0.2) is 34.8 Å². The molecule has 0 bridgehead atoms. The van der Waals surface area contributed by atoms with Crippen molar-refractivity contribution in [3.8, 4) is 0 Å². The van der Waals surface area contributed by atoms with Crippen LogP contribution in [-0.2, 0) is 22.6 Å². The van der Waals surface area contributed by atoms with Gasteiger partial charge in [0.25, 0.3) is 0 Å². The van der Waals surface area contributed by atoms with Crippen LogP contribution < -0.4 is 5.32 Å². The van der Waals surface area contributed by atoms with Crippen LogP contribution in [0.2, 0.25) is 0 Å². The summed E-state index contributed by atoms with van der Waals surface area (Å²) < 4.78 is 0. The molecule has 0 saturated carbocycles. The zero-order chi connectivity index (χ0) is 19.2. The van der Waals surface area contributed by atoms with Crippen LogP contribution in [0.15, 0.2) is 54.7 Å². The number of nitrogens with one attached hydrogen (secondary N) is 2. The first-order valence-electron chi connectivity index (χ1n) is 9.16. The van der Waals surface area contributed by atoms with Gasteiger partial charge in [0.1, 0.15) is 0 Å². The molecule has 2 aromatic carbocycles. The highest BCUT2D eigenvalue weighted by Gasteiger charge is 2.12. The van der Waals surface area contributed by atoms with E-state index in [0.717, 1.165) is 27.6 Å². The van der Waals surface area contributed by atoms with Crippen molar-refractivity contribution in [3.05, 3.63) is 71.4 Å². The van der Waals surface area contributed by atoms with E-state index in [-0.39, 0.29) is 11.8 Å². The number of H-pyrrole nitrogens is 1. The number of aryl methyl sites for hydroxylation is 1. The summed E-state index contributed by atoms with van der Waals surface area (Å²) >= 11 is 0. The van der Waals surface area contributed by atoms with Gasteiger partial charge in [0, 0.05) is 43.7 Å². The Balaban J connectivity index is 1.53. The smallest absolute Gasteiger partial charge is 0.224 e. The summed E-state index contributed by atoms with van der Waals surface area (Å²) in [6, 6.07) is 16.0. The quantitative estimate of drug-likeness (QED) is 0.677. The third-order valence-electron chi connectivity index (χ3n) is 4.80. The second-order valence-corrected chi connectivity index (χ2v) is 6.75. The summed E-state index contributed by atoms with van der Waals surface area (Å²) in [5.74, 6) is -0.0386. The molecule has 3 aromatic rings. The number of carbonyl (C=O) groups is 2. The Bertz CT molecular complexity index is 945. The fraction of sp³-hybridized carbons (Fsp3) is 0.273. The minimum atomic E-state index is -0.0425. The highest BCUT2D eigenvalue weighted by molar-refractivity contribution is 5.88. The fourth-order valence-corrected chi connectivity index (χ4v) is 3.18. The van der Waals surface area contributed by atoms with E-state index in [2.05, 4.69) is 10.3 Å². The zero-order valence-electron chi connectivity index (χ0n) is 15.8. The largest absolute Gasteiger partial charge is 0.361 e. The van der Waals surface area contributed by atoms with E-state index in [1.165, 1.54) is 0 Å². The van der Waals surface area contributed by atoms with Crippen molar-refractivity contribution in [1.82, 2.24) is 15.2 Å². The van der Waals surface area contributed by atoms with Crippen molar-refractivity contribution in [2.45, 2.75) is 26.8 Å². The molecule has 5 heteroatoms. The Morgan fingerprint density at radius 3 is 2.56 bits per heavy atom. The maximum atomic E-state index is 12.3. The van der Waals surface area contributed by atoms with Crippen LogP contribution in [0.25, 0.3) is 10.9 Å². The molecule has 0 aliphatic carbocycles. The molecule has 0 spiro atoms. The van der Waals surface area contributed by atoms with E-state index in [4.69, 9.17) is 0 Å². The first-order chi connectivity index (χ1) is 13.0. The lowest BCUT2D eigenvalue weighted by atomic mass is 10.1. The Morgan fingerprint density at radius 1 is 1.04 bits per heavy atom. The maximum absolute atomic E-state index is 12.3. The van der Waals surface area contributed by atoms with E-state index in [1.807, 2.05) is 61.7 Å². The number of benzene rings is 2. The number of rotatable bonds is 7. The van der Waals surface area contributed by atoms with Crippen LogP contribution in [0, 0.1) is 6.92 Å². The van der Waals surface area contributed by atoms with Crippen LogP contribution in [0.3, 0.4) is 0 Å². The van der Waals surface area contributed by atoms with Gasteiger partial charge in [-0.25, -0.2) is 0 Å². The summed E-state index contributed by atoms with van der Waals surface area (Å²) in [5, 5.41) is 3.99. The molecule has 2 amide bonds. The normalized spacial score (nSPS) is 10.7. The third-order valence-corrected chi connectivity index (χ3v) is 4.80. The number of hydrogen-bond donors (Lipinski definition) is 2. The van der Waals surface area contributed by atoms with Gasteiger partial charge in [-0.3, -0.25) is 9.59 Å². The number of aromatic amines is 1. The second-order valence-electron chi connectivity index (χ2n) is 6.75. The maximum Gasteiger partial charge on any atom is 0.224 e. The van der Waals surface area contributed by atoms with Crippen molar-refractivity contribution < 1.29 is 9.59 Å². The molecule has 1 aromatic heterocycles. The lowest BCUT2D eigenvalue weighted by Gasteiger charge is -2.22. The lowest BCUT2D eigenvalue weighted by Crippen LogP contribution is -2.37. The molecule has 1 heterocycles. The van der Waals surface area contributed by atoms with Crippen LogP contribution >= 0.6 is 0 Å². The highest BCUT2D eigenvalue weighted by atomic mass is 16.2. The SMILES string of the molecule is CC(=O)N(CCNC(=O)Cc1c[nH]c2ccccc12)Cc1ccccc1C. The summed E-state index contributed by atoms with van der Waals surface area (Å²) in [6.45, 7) is 5.08. The molecule has 0 radical (unpaired) electrons. The summed E-state index contributed by atoms with van der Waals surface area (Å²) in [5.41, 5.74) is 4.29. The van der Waals surface area contributed by atoms with Crippen molar-refractivity contribution in [2.24, 2.45) is 0 Å². The van der Waals surface area contributed by atoms with Gasteiger partial charge >= 0.3 is 0 Å². The predicted molar refractivity (Wildman–Crippen MR) is 107 cm³/mol. The van der Waals surface area contributed by atoms with Gasteiger partial charge in [-0.05, 0) is 29.7 Å². The Hall–Kier alpha value is -3.08. The van der Waals surface area contributed by atoms with Gasteiger partial charge in [-0.1, -0.05) is 42.5 Å². The summed E-state index contributed by atoms with van der Waals surface area (Å²) in [4.78, 5) is 29.2. The standard InChI is InChI=1S/C22H25N3O2/c1-16-7-3-4-8-18(16)15-25(17(2)26)12-11-23-22(27)13-19-14-24-21-10-6-5-9-20(19)21/h3-10,14,24H,11-13,15H2,1-2H3,(H,23,27). The summed E-state index contributed by atoms with van der Waals surface area (Å²) in [6.07, 6.45) is 2.20. The second kappa shape index (κ2) is 8.54. The van der Waals surface area contributed by atoms with E-state index in [1.54, 1.807) is 11.8 Å². The predicted octanol–water partition coefficient (Wildman–Crippen LogP) is 3.18. The van der Waals surface area contributed by atoms with Crippen molar-refractivity contribution in [1.29, 1.82) is 0 Å². The van der Waals surface area contributed by atoms with Crippen molar-refractivity contribution in [2.75, 3.05) is 13.1 Å². The highest BCUT2D eigenvalue weighted by Crippen LogP contribution is 2.18. The van der Waals surface area contributed by atoms with E-state index < -0.39 is 0 Å². The number of para-hydroxylation sites is 1. The Morgan fingerprint density at radius 2 is 1.78 bits per heavy atom. The van der Waals surface area contributed by atoms with Crippen molar-refractivity contribution >= 4 is 22.7 Å². The number of hydrogen-bond acceptors (Lipinski definition) is 2. The van der Waals surface area contributed by atoms with Crippen molar-refractivity contribution in [3.63, 3.8) is 0 Å². The first kappa shape index (κ1) is 18.7. The van der Waals surface area contributed by atoms with Gasteiger partial charge in [0.05, 0.1) is 6.42 Å². The third kappa shape index (κ3) is 4.76. The molecule has 0 aliphatic rings. The molecule has 2 N–H and O–H groups in total. The topological polar surface area (TPSA) is 65.2 Å². The summed E-state index contributed by atoms with van der Waals surface area (Å²) in [7, 11) is 0. The molecule has 0 aliphatic heterocycles. The number of fused-ring (bicyclic) bond motifs is 1. The monoisotopic (exact) mass is 363 g/mol. The first-order valence-corrected chi connectivity index (χ1v) is 9.16. The molecule has 5 nitrogen and oxygen atoms in total. The minimum absolute atomic E-state index is 0.00382. The molecule has 27 heavy (non-hydrogen) atoms. The van der Waals surface area contributed by atoms with E-state index >= 15 is 0 Å². The Kier molecular flexibility index (Phi) is 5.91. The molecule has 0 atom stereocenters. The molecule has 3 rings (SSSR count). The number of nitrogens with zero attached hydrogens (tertiary/aromatic N) is 1. The molecular formula is C22H25N3O2. The van der Waals surface area contributed by atoms with Gasteiger partial charge in [0.15, 0.2) is 0 Å². The van der Waals surface area contributed by atoms with E-state index in [0.29, 0.717) is 26.1 Å². The van der Waals surface area contributed by atoms with Gasteiger partial charge in [0.2, 0.25) is 11.8 Å².